The number of benzene rings is 4. The smallest absolute Gasteiger partial charge is 0.176 e. The van der Waals surface area contributed by atoms with Gasteiger partial charge < -0.3 is 42.5 Å². The summed E-state index contributed by atoms with van der Waals surface area (Å²) in [5.74, 6) is -0.000642. The number of nitrogens with zero attached hydrogens (tertiary/aromatic N) is 1. The van der Waals surface area contributed by atoms with Crippen LogP contribution in [0.3, 0.4) is 0 Å². The molecule has 0 aliphatic heterocycles. The van der Waals surface area contributed by atoms with Gasteiger partial charge in [-0.2, -0.15) is 10.4 Å². The number of hydrogen-bond acceptors (Lipinski definition) is 16. The zero-order valence-electron chi connectivity index (χ0n) is 86.9. The van der Waals surface area contributed by atoms with Crippen LogP contribution in [-0.2, 0) is 23.6 Å². The molecule has 0 saturated carbocycles. The first kappa shape index (κ1) is 114. The molecule has 746 valence electrons. The second-order valence-corrected chi connectivity index (χ2v) is 39.4. The third-order valence-electron chi connectivity index (χ3n) is 28.0. The Morgan fingerprint density at radius 2 is 0.641 bits per heavy atom. The van der Waals surface area contributed by atoms with E-state index in [1.165, 1.54) is 248 Å². The van der Waals surface area contributed by atoms with Gasteiger partial charge in [-0.3, -0.25) is 21.3 Å². The summed E-state index contributed by atoms with van der Waals surface area (Å²) < 4.78 is 0. The van der Waals surface area contributed by atoms with Crippen LogP contribution in [0.1, 0.15) is 453 Å². The molecule has 4 aromatic carbocycles. The number of rotatable bonds is 88. The van der Waals surface area contributed by atoms with E-state index in [9.17, 15) is 0 Å². The summed E-state index contributed by atoms with van der Waals surface area (Å²) >= 11 is 0. The summed E-state index contributed by atoms with van der Waals surface area (Å²) in [7, 11) is 0. The quantitative estimate of drug-likeness (QED) is 0.0114. The van der Waals surface area contributed by atoms with Crippen LogP contribution in [0.5, 0.6) is 0 Å². The van der Waals surface area contributed by atoms with E-state index in [0.29, 0.717) is 32.7 Å². The second-order valence-electron chi connectivity index (χ2n) is 39.4. The van der Waals surface area contributed by atoms with Crippen LogP contribution in [0, 0.1) is 5.92 Å². The predicted molar refractivity (Wildman–Crippen MR) is 576 cm³/mol. The Kier molecular flexibility index (Phi) is 63.1. The van der Waals surface area contributed by atoms with Crippen molar-refractivity contribution in [1.29, 1.82) is 0 Å². The van der Waals surface area contributed by atoms with Crippen molar-refractivity contribution in [1.82, 2.24) is 48.0 Å². The number of nitrogens with one attached hydrogen (secondary N) is 14. The highest BCUT2D eigenvalue weighted by atomic mass is 16.8. The van der Waals surface area contributed by atoms with E-state index in [0.717, 1.165) is 213 Å². The van der Waals surface area contributed by atoms with Gasteiger partial charge in [-0.15, -0.1) is 0 Å². The molecule has 0 heterocycles. The van der Waals surface area contributed by atoms with Gasteiger partial charge in [-0.1, -0.05) is 473 Å². The summed E-state index contributed by atoms with van der Waals surface area (Å²) in [6.07, 6.45) is 74.9. The van der Waals surface area contributed by atoms with Crippen LogP contribution < -0.4 is 74.7 Å². The SMILES string of the molecule is CCCCCCCCCCCCNC1=C(NCCCCCCCCCCC)C(NCCCCC)(c2c(NCCCCCC)c(NCCCCCCC)c(NCCCCCCCC)c(NCCCCCCCCC)c2NCCCCCCCCCC)C(NCCCC)(N(NC2(C)C=CC=CC2C)ONCc2ccccc2)C(NCCC)(NCc2ccccc2)C1Nc1ccccc1. The van der Waals surface area contributed by atoms with E-state index in [2.05, 4.69) is 236 Å². The standard InChI is InChI=1S/C115H205N15O/c1-13-23-32-39-44-47-49-52-58-77-93-121-109-110(122-94-78-59-53-48-45-40-33-24-14-2)113(123-96-71-30-20-8,115(125-95-31-21-9,130(129-112(12)86-70-69-79-99(112)11)131-127-98-101-82-65-61-66-83-101)114(124-87-22-10,126-97-100-80-63-60-64-81-100)111(109)128-102-84-67-62-68-85-102)103-104(116-88-72-38-29-19-7)106(118-90-73-54-37-28-18-6)108(120-92-75-55-43-36-27-17-5)107(119-91-76-56-50-42-35-26-16-4)105(103)117-89-74-57-51-46-41-34-25-15-3/h60-70,79-86,99,111,116-129H,13-59,71-78,87-98H2,1-12H3. The molecule has 6 rings (SSSR count). The Morgan fingerprint density at radius 3 is 1.05 bits per heavy atom. The molecule has 2 aliphatic rings. The number of hydrazine groups is 1. The van der Waals surface area contributed by atoms with Gasteiger partial charge in [0.25, 0.3) is 0 Å². The first-order chi connectivity index (χ1) is 64.5. The van der Waals surface area contributed by atoms with Crippen LogP contribution in [0.2, 0.25) is 0 Å². The van der Waals surface area contributed by atoms with Gasteiger partial charge in [0.2, 0.25) is 0 Å². The summed E-state index contributed by atoms with van der Waals surface area (Å²) in [5.41, 5.74) is 16.1. The molecule has 4 aromatic rings. The lowest BCUT2D eigenvalue weighted by Crippen LogP contribution is -2.97. The van der Waals surface area contributed by atoms with E-state index in [-0.39, 0.29) is 5.92 Å². The van der Waals surface area contributed by atoms with Crippen molar-refractivity contribution in [2.24, 2.45) is 5.92 Å². The molecular weight excluding hydrogens is 1610 g/mol. The van der Waals surface area contributed by atoms with Crippen LogP contribution in [0.25, 0.3) is 0 Å². The molecule has 0 spiro atoms. The minimum Gasteiger partial charge on any atom is -0.385 e. The van der Waals surface area contributed by atoms with E-state index in [4.69, 9.17) is 47.5 Å². The van der Waals surface area contributed by atoms with Gasteiger partial charge in [0, 0.05) is 70.2 Å². The highest BCUT2D eigenvalue weighted by molar-refractivity contribution is 6.03. The number of hydrogen-bond donors (Lipinski definition) is 14. The molecule has 0 bridgehead atoms. The first-order valence-corrected chi connectivity index (χ1v) is 55.9. The van der Waals surface area contributed by atoms with Gasteiger partial charge in [0.15, 0.2) is 5.66 Å². The van der Waals surface area contributed by atoms with Crippen molar-refractivity contribution in [2.45, 2.75) is 478 Å². The molecule has 16 nitrogen and oxygen atoms in total. The Morgan fingerprint density at radius 1 is 0.305 bits per heavy atom. The minimum absolute atomic E-state index is 0.000642. The number of anilines is 6. The fraction of sp³-hybridized carbons (Fsp3) is 0.739. The summed E-state index contributed by atoms with van der Waals surface area (Å²) in [6.45, 7) is 36.9. The molecule has 0 radical (unpaired) electrons. The van der Waals surface area contributed by atoms with Crippen molar-refractivity contribution in [3.05, 3.63) is 143 Å². The van der Waals surface area contributed by atoms with Gasteiger partial charge in [0.05, 0.1) is 45.4 Å². The average molecular weight is 1810 g/mol. The van der Waals surface area contributed by atoms with Crippen molar-refractivity contribution in [3.8, 4) is 0 Å². The molecule has 0 amide bonds. The van der Waals surface area contributed by atoms with Crippen molar-refractivity contribution < 1.29 is 4.94 Å². The molecule has 2 aliphatic carbocycles. The summed E-state index contributed by atoms with van der Waals surface area (Å²) in [5, 5.41) is 59.7. The minimum atomic E-state index is -1.57. The molecule has 0 fully saturated rings. The predicted octanol–water partition coefficient (Wildman–Crippen LogP) is 30.4. The third kappa shape index (κ3) is 40.0. The van der Waals surface area contributed by atoms with Gasteiger partial charge in [0.1, 0.15) is 17.2 Å². The Bertz CT molecular complexity index is 3490. The summed E-state index contributed by atoms with van der Waals surface area (Å²) in [4.78, 5) is 8.42. The largest absolute Gasteiger partial charge is 0.385 e. The van der Waals surface area contributed by atoms with E-state index in [1.807, 2.05) is 0 Å². The van der Waals surface area contributed by atoms with Crippen LogP contribution in [0.4, 0.5) is 34.1 Å². The molecule has 6 atom stereocenters. The van der Waals surface area contributed by atoms with Crippen LogP contribution in [-0.4, -0.2) is 93.5 Å². The second kappa shape index (κ2) is 72.5. The van der Waals surface area contributed by atoms with Gasteiger partial charge in [-0.05, 0) is 120 Å². The maximum absolute atomic E-state index is 8.42. The zero-order valence-corrected chi connectivity index (χ0v) is 86.9. The van der Waals surface area contributed by atoms with Gasteiger partial charge >= 0.3 is 0 Å². The Labute approximate surface area is 806 Å². The third-order valence-corrected chi connectivity index (χ3v) is 28.0. The van der Waals surface area contributed by atoms with Crippen molar-refractivity contribution in [3.63, 3.8) is 0 Å². The normalized spacial score (nSPS) is 18.5. The zero-order chi connectivity index (χ0) is 93.5. The molecule has 0 aromatic heterocycles. The fourth-order valence-corrected chi connectivity index (χ4v) is 19.8. The maximum Gasteiger partial charge on any atom is 0.176 e. The number of unbranched alkanes of at least 4 members (excludes halogenated alkanes) is 45. The molecule has 14 N–H and O–H groups in total. The lowest BCUT2D eigenvalue weighted by Gasteiger charge is -2.69. The lowest BCUT2D eigenvalue weighted by molar-refractivity contribution is -0.352. The molecule has 0 saturated heterocycles. The van der Waals surface area contributed by atoms with Gasteiger partial charge in [-0.25, -0.2) is 5.43 Å². The Balaban J connectivity index is 2.12. The first-order valence-electron chi connectivity index (χ1n) is 55.9. The van der Waals surface area contributed by atoms with Crippen molar-refractivity contribution in [2.75, 3.05) is 97.3 Å². The molecule has 16 heteroatoms. The molecule has 131 heavy (non-hydrogen) atoms. The van der Waals surface area contributed by atoms with Crippen LogP contribution in [0.15, 0.2) is 127 Å². The van der Waals surface area contributed by atoms with E-state index >= 15 is 0 Å². The molecular formula is C115H205N15O. The van der Waals surface area contributed by atoms with Crippen molar-refractivity contribution >= 4 is 34.1 Å². The van der Waals surface area contributed by atoms with E-state index < -0.39 is 28.4 Å². The summed E-state index contributed by atoms with van der Waals surface area (Å²) in [6, 6.07) is 33.0. The number of para-hydroxylation sites is 1. The maximum atomic E-state index is 8.42. The molecule has 6 unspecified atom stereocenters. The number of hydroxylamine groups is 2. The Hall–Kier alpha value is -5.82. The number of allylic oxidation sites excluding steroid dienone is 2. The highest BCUT2D eigenvalue weighted by Crippen LogP contribution is 2.61. The monoisotopic (exact) mass is 1810 g/mol. The highest BCUT2D eigenvalue weighted by Gasteiger charge is 2.77. The average Bonchev–Trinajstić information content (AvgIpc) is 0.654. The van der Waals surface area contributed by atoms with E-state index in [1.54, 1.807) is 0 Å². The topological polar surface area (TPSA) is 181 Å². The van der Waals surface area contributed by atoms with Crippen LogP contribution >= 0.6 is 0 Å². The lowest BCUT2D eigenvalue weighted by atomic mass is 9.59. The fourth-order valence-electron chi connectivity index (χ4n) is 19.8.